The molecule has 0 aliphatic carbocycles. The van der Waals surface area contributed by atoms with Crippen molar-refractivity contribution in [2.75, 3.05) is 5.75 Å². The van der Waals surface area contributed by atoms with Crippen molar-refractivity contribution in [3.63, 3.8) is 0 Å². The van der Waals surface area contributed by atoms with Gasteiger partial charge in [0.2, 0.25) is 0 Å². The van der Waals surface area contributed by atoms with Crippen molar-refractivity contribution in [1.29, 1.82) is 0 Å². The molecule has 0 N–H and O–H groups in total. The molecule has 2 aromatic carbocycles. The molecule has 3 aromatic rings. The Kier molecular flexibility index (Phi) is 4.41. The van der Waals surface area contributed by atoms with Crippen molar-refractivity contribution < 1.29 is 21.5 Å². The van der Waals surface area contributed by atoms with Crippen molar-refractivity contribution in [2.45, 2.75) is 18.6 Å². The first-order valence-electron chi connectivity index (χ1n) is 7.23. The Labute approximate surface area is 145 Å². The minimum atomic E-state index is 0. The van der Waals surface area contributed by atoms with Gasteiger partial charge in [0, 0.05) is 11.3 Å². The van der Waals surface area contributed by atoms with E-state index >= 15 is 0 Å². The quantitative estimate of drug-likeness (QED) is 0.605. The molecule has 1 aliphatic rings. The lowest BCUT2D eigenvalue weighted by molar-refractivity contribution is -0.713. The summed E-state index contributed by atoms with van der Waals surface area (Å²) in [5.74, 6) is 1.15. The molecule has 0 unspecified atom stereocenters. The zero-order valence-electron chi connectivity index (χ0n) is 12.4. The lowest BCUT2D eigenvalue weighted by atomic mass is 10.1. The zero-order chi connectivity index (χ0) is 14.2. The maximum atomic E-state index is 2.43. The Morgan fingerprint density at radius 1 is 1.00 bits per heavy atom. The van der Waals surface area contributed by atoms with Crippen LogP contribution in [0, 0.1) is 6.92 Å². The maximum Gasteiger partial charge on any atom is 0.323 e. The minimum Gasteiger partial charge on any atom is -1.00 e. The normalized spacial score (nSPS) is 12.8. The number of nitrogens with zero attached hydrogens (tertiary/aromatic N) is 2. The molecule has 4 rings (SSSR count). The fraction of sp³-hybridized carbons (Fsp3) is 0.167. The van der Waals surface area contributed by atoms with Gasteiger partial charge in [-0.1, -0.05) is 48.0 Å². The highest BCUT2D eigenvalue weighted by atomic mass is 79.9. The second-order valence-electron chi connectivity index (χ2n) is 5.37. The van der Waals surface area contributed by atoms with E-state index in [4.69, 9.17) is 0 Å². The fourth-order valence-corrected chi connectivity index (χ4v) is 3.90. The summed E-state index contributed by atoms with van der Waals surface area (Å²) in [6, 6.07) is 19.4. The summed E-state index contributed by atoms with van der Waals surface area (Å²) in [6.07, 6.45) is 2.27. The highest BCUT2D eigenvalue weighted by molar-refractivity contribution is 7.99. The molecule has 0 bridgehead atoms. The SMILES string of the molecule is Cc1ccc(-c2cn(-c3ccccc3)c3[n+]2CCS3)cc1.[Br-]. The largest absolute Gasteiger partial charge is 1.00 e. The first kappa shape index (κ1) is 15.4. The van der Waals surface area contributed by atoms with Crippen molar-refractivity contribution >= 4 is 11.8 Å². The smallest absolute Gasteiger partial charge is 0.323 e. The number of thioether (sulfide) groups is 1. The van der Waals surface area contributed by atoms with E-state index in [1.165, 1.54) is 27.7 Å². The van der Waals surface area contributed by atoms with E-state index < -0.39 is 0 Å². The molecule has 1 aliphatic heterocycles. The maximum absolute atomic E-state index is 2.43. The Morgan fingerprint density at radius 3 is 2.45 bits per heavy atom. The summed E-state index contributed by atoms with van der Waals surface area (Å²) in [4.78, 5) is 0. The lowest BCUT2D eigenvalue weighted by Gasteiger charge is -1.98. The van der Waals surface area contributed by atoms with E-state index in [2.05, 4.69) is 76.9 Å². The summed E-state index contributed by atoms with van der Waals surface area (Å²) < 4.78 is 4.75. The molecule has 0 amide bonds. The van der Waals surface area contributed by atoms with Gasteiger partial charge in [-0.05, 0) is 30.8 Å². The highest BCUT2D eigenvalue weighted by Gasteiger charge is 2.30. The molecular weight excluding hydrogens is 356 g/mol. The van der Waals surface area contributed by atoms with Gasteiger partial charge < -0.3 is 17.0 Å². The molecule has 0 atom stereocenters. The highest BCUT2D eigenvalue weighted by Crippen LogP contribution is 2.29. The van der Waals surface area contributed by atoms with Crippen LogP contribution in [0.3, 0.4) is 0 Å². The van der Waals surface area contributed by atoms with E-state index in [-0.39, 0.29) is 17.0 Å². The number of benzene rings is 2. The first-order valence-corrected chi connectivity index (χ1v) is 8.22. The molecule has 112 valence electrons. The summed E-state index contributed by atoms with van der Waals surface area (Å²) in [6.45, 7) is 3.22. The van der Waals surface area contributed by atoms with Crippen molar-refractivity contribution in [3.05, 3.63) is 66.4 Å². The van der Waals surface area contributed by atoms with E-state index in [0.717, 1.165) is 12.3 Å². The molecule has 2 heterocycles. The number of fused-ring (bicyclic) bond motifs is 1. The van der Waals surface area contributed by atoms with E-state index in [1.807, 2.05) is 11.8 Å². The predicted octanol–water partition coefficient (Wildman–Crippen LogP) is 0.850. The summed E-state index contributed by atoms with van der Waals surface area (Å²) >= 11 is 1.93. The number of halogens is 1. The molecule has 0 radical (unpaired) electrons. The summed E-state index contributed by atoms with van der Waals surface area (Å²) in [5.41, 5.74) is 5.13. The Balaban J connectivity index is 0.00000144. The standard InChI is InChI=1S/C18H17N2S.BrH/c1-14-7-9-15(10-8-14)17-13-20(16-5-3-2-4-6-16)18-19(17)11-12-21-18;/h2-10,13H,11-12H2,1H3;1H/q+1;/p-1. The van der Waals surface area contributed by atoms with E-state index in [1.54, 1.807) is 0 Å². The minimum absolute atomic E-state index is 0. The van der Waals surface area contributed by atoms with Crippen LogP contribution in [0.25, 0.3) is 16.9 Å². The predicted molar refractivity (Wildman–Crippen MR) is 86.9 cm³/mol. The van der Waals surface area contributed by atoms with Crippen LogP contribution in [0.5, 0.6) is 0 Å². The molecule has 0 fully saturated rings. The Bertz CT molecular complexity index is 779. The third kappa shape index (κ3) is 2.61. The first-order chi connectivity index (χ1) is 10.3. The van der Waals surface area contributed by atoms with E-state index in [0.29, 0.717) is 0 Å². The van der Waals surface area contributed by atoms with Crippen molar-refractivity contribution in [2.24, 2.45) is 0 Å². The van der Waals surface area contributed by atoms with Gasteiger partial charge >= 0.3 is 5.16 Å². The number of aryl methyl sites for hydroxylation is 1. The third-order valence-corrected chi connectivity index (χ3v) is 4.97. The van der Waals surface area contributed by atoms with Gasteiger partial charge in [-0.25, -0.2) is 4.57 Å². The third-order valence-electron chi connectivity index (χ3n) is 3.91. The summed E-state index contributed by atoms with van der Waals surface area (Å²) in [7, 11) is 0. The van der Waals surface area contributed by atoms with Gasteiger partial charge in [0.05, 0.1) is 0 Å². The molecule has 2 nitrogen and oxygen atoms in total. The molecule has 4 heteroatoms. The average molecular weight is 373 g/mol. The Morgan fingerprint density at radius 2 is 1.73 bits per heavy atom. The lowest BCUT2D eigenvalue weighted by Crippen LogP contribution is -3.00. The van der Waals surface area contributed by atoms with Gasteiger partial charge in [0.25, 0.3) is 0 Å². The van der Waals surface area contributed by atoms with Crippen LogP contribution in [-0.2, 0) is 6.54 Å². The summed E-state index contributed by atoms with van der Waals surface area (Å²) in [5, 5.41) is 1.33. The monoisotopic (exact) mass is 372 g/mol. The fourth-order valence-electron chi connectivity index (χ4n) is 2.80. The number of aromatic nitrogens is 2. The van der Waals surface area contributed by atoms with Crippen LogP contribution < -0.4 is 21.5 Å². The Hall–Kier alpha value is -1.52. The molecule has 1 aromatic heterocycles. The van der Waals surface area contributed by atoms with Crippen LogP contribution in [0.2, 0.25) is 0 Å². The van der Waals surface area contributed by atoms with Crippen LogP contribution in [-0.4, -0.2) is 10.3 Å². The van der Waals surface area contributed by atoms with Gasteiger partial charge in [-0.3, -0.25) is 0 Å². The molecule has 0 saturated carbocycles. The van der Waals surface area contributed by atoms with Crippen molar-refractivity contribution in [1.82, 2.24) is 4.57 Å². The number of para-hydroxylation sites is 1. The second-order valence-corrected chi connectivity index (χ2v) is 6.43. The van der Waals surface area contributed by atoms with E-state index in [9.17, 15) is 0 Å². The number of hydrogen-bond donors (Lipinski definition) is 0. The van der Waals surface area contributed by atoms with Crippen LogP contribution >= 0.6 is 11.8 Å². The topological polar surface area (TPSA) is 8.81 Å². The van der Waals surface area contributed by atoms with Crippen LogP contribution in [0.4, 0.5) is 0 Å². The molecule has 22 heavy (non-hydrogen) atoms. The van der Waals surface area contributed by atoms with Gasteiger partial charge in [0.1, 0.15) is 18.4 Å². The van der Waals surface area contributed by atoms with Crippen LogP contribution in [0.15, 0.2) is 66.0 Å². The number of imidazole rings is 1. The molecular formula is C18H17BrN2S. The zero-order valence-corrected chi connectivity index (χ0v) is 14.8. The second kappa shape index (κ2) is 6.31. The van der Waals surface area contributed by atoms with Crippen LogP contribution in [0.1, 0.15) is 5.56 Å². The number of hydrogen-bond acceptors (Lipinski definition) is 1. The average Bonchev–Trinajstić information content (AvgIpc) is 3.11. The molecule has 0 saturated heterocycles. The van der Waals surface area contributed by atoms with Crippen molar-refractivity contribution in [3.8, 4) is 16.9 Å². The number of rotatable bonds is 2. The molecule has 0 spiro atoms. The van der Waals surface area contributed by atoms with Gasteiger partial charge in [0.15, 0.2) is 5.69 Å². The van der Waals surface area contributed by atoms with Gasteiger partial charge in [-0.15, -0.1) is 0 Å². The van der Waals surface area contributed by atoms with Gasteiger partial charge in [-0.2, -0.15) is 4.57 Å².